The van der Waals surface area contributed by atoms with Crippen molar-refractivity contribution in [3.63, 3.8) is 0 Å². The third-order valence-electron chi connectivity index (χ3n) is 5.82. The van der Waals surface area contributed by atoms with E-state index in [0.717, 1.165) is 25.2 Å². The molecule has 0 saturated heterocycles. The standard InChI is InChI=1S/C21H32O3/c1-5-16(24-20(23)17-10-6-7-11-19(17)22)12-13-18-15(2)9-8-14-21(18,3)4/h6-7,10-11,15-16,18,22H,5,8-9,12-14H2,1-4H3/t15-,16?,18+/m0/s1. The second-order valence-corrected chi connectivity index (χ2v) is 7.99. The maximum atomic E-state index is 12.3. The van der Waals surface area contributed by atoms with Crippen molar-refractivity contribution < 1.29 is 14.6 Å². The Morgan fingerprint density at radius 1 is 1.38 bits per heavy atom. The normalized spacial score (nSPS) is 24.3. The van der Waals surface area contributed by atoms with Crippen molar-refractivity contribution in [1.82, 2.24) is 0 Å². The Labute approximate surface area is 146 Å². The van der Waals surface area contributed by atoms with E-state index in [1.807, 2.05) is 0 Å². The van der Waals surface area contributed by atoms with Gasteiger partial charge in [-0.05, 0) is 55.1 Å². The van der Waals surface area contributed by atoms with Crippen LogP contribution in [-0.4, -0.2) is 17.2 Å². The molecule has 3 heteroatoms. The molecule has 3 atom stereocenters. The minimum absolute atomic E-state index is 0.0145. The van der Waals surface area contributed by atoms with Gasteiger partial charge < -0.3 is 9.84 Å². The lowest BCUT2D eigenvalue weighted by Crippen LogP contribution is -2.34. The van der Waals surface area contributed by atoms with E-state index in [1.54, 1.807) is 18.2 Å². The Morgan fingerprint density at radius 2 is 2.08 bits per heavy atom. The van der Waals surface area contributed by atoms with Gasteiger partial charge in [0.25, 0.3) is 0 Å². The molecule has 0 amide bonds. The van der Waals surface area contributed by atoms with Gasteiger partial charge in [0.1, 0.15) is 17.4 Å². The molecule has 0 aliphatic heterocycles. The second kappa shape index (κ2) is 8.04. The van der Waals surface area contributed by atoms with Crippen LogP contribution in [0, 0.1) is 17.3 Å². The zero-order valence-corrected chi connectivity index (χ0v) is 15.5. The van der Waals surface area contributed by atoms with Crippen LogP contribution in [-0.2, 0) is 4.74 Å². The summed E-state index contributed by atoms with van der Waals surface area (Å²) in [6.07, 6.45) is 6.64. The van der Waals surface area contributed by atoms with Gasteiger partial charge in [0.05, 0.1) is 0 Å². The Kier molecular flexibility index (Phi) is 6.31. The van der Waals surface area contributed by atoms with Crippen LogP contribution in [0.3, 0.4) is 0 Å². The number of carbonyl (C=O) groups is 1. The average Bonchev–Trinajstić information content (AvgIpc) is 2.52. The SMILES string of the molecule is CCC(CC[C@@H]1[C@@H](C)CCCC1(C)C)OC(=O)c1ccccc1O. The first-order chi connectivity index (χ1) is 11.3. The van der Waals surface area contributed by atoms with Crippen LogP contribution in [0.2, 0.25) is 0 Å². The highest BCUT2D eigenvalue weighted by Gasteiger charge is 2.36. The van der Waals surface area contributed by atoms with Gasteiger partial charge in [-0.3, -0.25) is 0 Å². The van der Waals surface area contributed by atoms with Gasteiger partial charge in [0, 0.05) is 0 Å². The molecule has 0 spiro atoms. The van der Waals surface area contributed by atoms with E-state index in [9.17, 15) is 9.90 Å². The number of rotatable bonds is 6. The molecule has 24 heavy (non-hydrogen) atoms. The van der Waals surface area contributed by atoms with Gasteiger partial charge in [0.2, 0.25) is 0 Å². The molecule has 1 aliphatic carbocycles. The van der Waals surface area contributed by atoms with Crippen molar-refractivity contribution >= 4 is 5.97 Å². The van der Waals surface area contributed by atoms with E-state index in [2.05, 4.69) is 27.7 Å². The third kappa shape index (κ3) is 4.52. The van der Waals surface area contributed by atoms with Crippen molar-refractivity contribution in [2.75, 3.05) is 0 Å². The second-order valence-electron chi connectivity index (χ2n) is 7.99. The number of ether oxygens (including phenoxy) is 1. The smallest absolute Gasteiger partial charge is 0.342 e. The Morgan fingerprint density at radius 3 is 2.71 bits per heavy atom. The number of phenolic OH excluding ortho intramolecular Hbond substituents is 1. The molecule has 134 valence electrons. The van der Waals surface area contributed by atoms with E-state index >= 15 is 0 Å². The fourth-order valence-electron chi connectivity index (χ4n) is 4.28. The molecule has 1 fully saturated rings. The maximum absolute atomic E-state index is 12.3. The molecule has 1 saturated carbocycles. The van der Waals surface area contributed by atoms with Gasteiger partial charge in [0.15, 0.2) is 0 Å². The van der Waals surface area contributed by atoms with E-state index < -0.39 is 5.97 Å². The topological polar surface area (TPSA) is 46.5 Å². The maximum Gasteiger partial charge on any atom is 0.342 e. The first kappa shape index (κ1) is 18.8. The number of hydrogen-bond donors (Lipinski definition) is 1. The molecule has 0 heterocycles. The zero-order chi connectivity index (χ0) is 17.7. The summed E-state index contributed by atoms with van der Waals surface area (Å²) in [7, 11) is 0. The third-order valence-corrected chi connectivity index (χ3v) is 5.82. The number of carbonyl (C=O) groups excluding carboxylic acids is 1. The van der Waals surface area contributed by atoms with E-state index in [4.69, 9.17) is 4.74 Å². The lowest BCUT2D eigenvalue weighted by Gasteiger charge is -2.43. The molecule has 3 nitrogen and oxygen atoms in total. The molecule has 1 aromatic rings. The van der Waals surface area contributed by atoms with Crippen LogP contribution in [0.1, 0.15) is 76.6 Å². The molecule has 0 radical (unpaired) electrons. The van der Waals surface area contributed by atoms with Crippen LogP contribution in [0.15, 0.2) is 24.3 Å². The number of para-hydroxylation sites is 1. The van der Waals surface area contributed by atoms with Gasteiger partial charge in [-0.1, -0.05) is 52.7 Å². The van der Waals surface area contributed by atoms with E-state index in [0.29, 0.717) is 11.3 Å². The lowest BCUT2D eigenvalue weighted by atomic mass is 9.62. The highest BCUT2D eigenvalue weighted by molar-refractivity contribution is 5.92. The summed E-state index contributed by atoms with van der Waals surface area (Å²) in [5, 5.41) is 9.80. The molecule has 1 N–H and O–H groups in total. The minimum atomic E-state index is -0.420. The fourth-order valence-corrected chi connectivity index (χ4v) is 4.28. The van der Waals surface area contributed by atoms with E-state index in [1.165, 1.54) is 25.3 Å². The largest absolute Gasteiger partial charge is 0.507 e. The lowest BCUT2D eigenvalue weighted by molar-refractivity contribution is 0.0171. The fraction of sp³-hybridized carbons (Fsp3) is 0.667. The summed E-state index contributed by atoms with van der Waals surface area (Å²) in [5.41, 5.74) is 0.625. The van der Waals surface area contributed by atoms with Gasteiger partial charge in [-0.2, -0.15) is 0 Å². The van der Waals surface area contributed by atoms with Gasteiger partial charge >= 0.3 is 5.97 Å². The summed E-state index contributed by atoms with van der Waals surface area (Å²) in [5.74, 6) is 0.986. The monoisotopic (exact) mass is 332 g/mol. The summed E-state index contributed by atoms with van der Waals surface area (Å²) in [4.78, 5) is 12.3. The van der Waals surface area contributed by atoms with Crippen molar-refractivity contribution in [3.05, 3.63) is 29.8 Å². The van der Waals surface area contributed by atoms with Gasteiger partial charge in [-0.15, -0.1) is 0 Å². The quantitative estimate of drug-likeness (QED) is 0.693. The molecule has 1 aromatic carbocycles. The molecular formula is C21H32O3. The van der Waals surface area contributed by atoms with Crippen LogP contribution in [0.25, 0.3) is 0 Å². The Balaban J connectivity index is 1.95. The first-order valence-corrected chi connectivity index (χ1v) is 9.34. The van der Waals surface area contributed by atoms with Crippen LogP contribution in [0.4, 0.5) is 0 Å². The predicted molar refractivity (Wildman–Crippen MR) is 97.1 cm³/mol. The average molecular weight is 332 g/mol. The summed E-state index contributed by atoms with van der Waals surface area (Å²) >= 11 is 0. The van der Waals surface area contributed by atoms with Crippen molar-refractivity contribution in [2.24, 2.45) is 17.3 Å². The van der Waals surface area contributed by atoms with Crippen molar-refractivity contribution in [1.29, 1.82) is 0 Å². The van der Waals surface area contributed by atoms with Crippen molar-refractivity contribution in [3.8, 4) is 5.75 Å². The molecule has 0 aromatic heterocycles. The summed E-state index contributed by atoms with van der Waals surface area (Å²) in [6, 6.07) is 6.57. The number of phenols is 1. The first-order valence-electron chi connectivity index (χ1n) is 9.34. The van der Waals surface area contributed by atoms with Crippen molar-refractivity contribution in [2.45, 2.75) is 72.3 Å². The highest BCUT2D eigenvalue weighted by Crippen LogP contribution is 2.46. The van der Waals surface area contributed by atoms with Crippen LogP contribution >= 0.6 is 0 Å². The Bertz CT molecular complexity index is 550. The molecule has 0 bridgehead atoms. The highest BCUT2D eigenvalue weighted by atomic mass is 16.5. The summed E-state index contributed by atoms with van der Waals surface area (Å²) < 4.78 is 5.66. The van der Waals surface area contributed by atoms with Crippen LogP contribution < -0.4 is 0 Å². The van der Waals surface area contributed by atoms with Crippen LogP contribution in [0.5, 0.6) is 5.75 Å². The molecule has 1 unspecified atom stereocenters. The number of aromatic hydroxyl groups is 1. The molecular weight excluding hydrogens is 300 g/mol. The number of benzene rings is 1. The molecule has 1 aliphatic rings. The van der Waals surface area contributed by atoms with Gasteiger partial charge in [-0.25, -0.2) is 4.79 Å². The summed E-state index contributed by atoms with van der Waals surface area (Å²) in [6.45, 7) is 9.17. The number of esters is 1. The Hall–Kier alpha value is -1.51. The van der Waals surface area contributed by atoms with E-state index in [-0.39, 0.29) is 17.4 Å². The zero-order valence-electron chi connectivity index (χ0n) is 15.5. The molecule has 2 rings (SSSR count). The predicted octanol–water partition coefficient (Wildman–Crippen LogP) is 5.57. The number of hydrogen-bond acceptors (Lipinski definition) is 3. The minimum Gasteiger partial charge on any atom is -0.507 e.